The maximum Gasteiger partial charge on any atom is 0.168 e. The zero-order valence-corrected chi connectivity index (χ0v) is 7.03. The van der Waals surface area contributed by atoms with Crippen molar-refractivity contribution in [2.75, 3.05) is 11.5 Å². The van der Waals surface area contributed by atoms with Crippen molar-refractivity contribution < 1.29 is 0 Å². The highest BCUT2D eigenvalue weighted by Gasteiger charge is 2.18. The molecule has 4 N–H and O–H groups in total. The van der Waals surface area contributed by atoms with E-state index in [4.69, 9.17) is 11.5 Å². The average Bonchev–Trinajstić information content (AvgIpc) is 2.61. The van der Waals surface area contributed by atoms with Crippen molar-refractivity contribution in [2.24, 2.45) is 0 Å². The van der Waals surface area contributed by atoms with Crippen LogP contribution in [0.2, 0.25) is 0 Å². The third-order valence-corrected chi connectivity index (χ3v) is 2.49. The molecule has 0 amide bonds. The average molecular weight is 166 g/mol. The van der Waals surface area contributed by atoms with Crippen LogP contribution in [-0.4, -0.2) is 9.78 Å². The normalized spacial score (nSPS) is 18.7. The first kappa shape index (κ1) is 7.46. The Hall–Kier alpha value is -1.19. The molecule has 4 nitrogen and oxygen atoms in total. The maximum atomic E-state index is 5.60. The molecule has 66 valence electrons. The van der Waals surface area contributed by atoms with Gasteiger partial charge in [0, 0.05) is 0 Å². The molecule has 0 bridgehead atoms. The number of nitrogens with zero attached hydrogens (tertiary/aromatic N) is 2. The monoisotopic (exact) mass is 166 g/mol. The minimum atomic E-state index is 0.460. The lowest BCUT2D eigenvalue weighted by atomic mass is 10.3. The highest BCUT2D eigenvalue weighted by atomic mass is 15.3. The highest BCUT2D eigenvalue weighted by molar-refractivity contribution is 5.56. The fraction of sp³-hybridized carbons (Fsp3) is 0.625. The molecule has 1 saturated carbocycles. The Morgan fingerprint density at radius 1 is 1.33 bits per heavy atom. The molecule has 0 radical (unpaired) electrons. The molecule has 0 aromatic carbocycles. The zero-order valence-electron chi connectivity index (χ0n) is 7.03. The topological polar surface area (TPSA) is 69.9 Å². The predicted octanol–water partition coefficient (Wildman–Crippen LogP) is 1.16. The summed E-state index contributed by atoms with van der Waals surface area (Å²) in [6.45, 7) is 0. The molecule has 1 heterocycles. The molecule has 1 aliphatic rings. The fourth-order valence-electron chi connectivity index (χ4n) is 1.78. The van der Waals surface area contributed by atoms with Gasteiger partial charge in [-0.05, 0) is 12.8 Å². The maximum absolute atomic E-state index is 5.60. The van der Waals surface area contributed by atoms with Crippen LogP contribution in [0.4, 0.5) is 11.5 Å². The Kier molecular flexibility index (Phi) is 1.67. The number of anilines is 2. The Morgan fingerprint density at radius 3 is 2.50 bits per heavy atom. The summed E-state index contributed by atoms with van der Waals surface area (Å²) in [5.74, 6) is 0.460. The molecule has 2 rings (SSSR count). The van der Waals surface area contributed by atoms with E-state index in [9.17, 15) is 0 Å². The van der Waals surface area contributed by atoms with Crippen LogP contribution in [-0.2, 0) is 0 Å². The van der Waals surface area contributed by atoms with Crippen LogP contribution in [0.3, 0.4) is 0 Å². The summed E-state index contributed by atoms with van der Waals surface area (Å²) in [5.41, 5.74) is 11.8. The van der Waals surface area contributed by atoms with Crippen molar-refractivity contribution in [3.8, 4) is 0 Å². The van der Waals surface area contributed by atoms with Crippen molar-refractivity contribution in [1.29, 1.82) is 0 Å². The van der Waals surface area contributed by atoms with Crippen molar-refractivity contribution in [2.45, 2.75) is 31.7 Å². The van der Waals surface area contributed by atoms with Crippen LogP contribution in [0.5, 0.6) is 0 Å². The van der Waals surface area contributed by atoms with Gasteiger partial charge in [0.15, 0.2) is 5.82 Å². The molecular weight excluding hydrogens is 152 g/mol. The van der Waals surface area contributed by atoms with Gasteiger partial charge >= 0.3 is 0 Å². The predicted molar refractivity (Wildman–Crippen MR) is 48.6 cm³/mol. The second kappa shape index (κ2) is 2.69. The summed E-state index contributed by atoms with van der Waals surface area (Å²) in [6, 6.07) is 0.532. The Labute approximate surface area is 71.5 Å². The van der Waals surface area contributed by atoms with Gasteiger partial charge in [-0.15, -0.1) is 0 Å². The molecule has 1 aliphatic carbocycles. The Bertz CT molecular complexity index is 253. The number of aromatic nitrogens is 2. The first-order valence-corrected chi connectivity index (χ1v) is 4.37. The lowest BCUT2D eigenvalue weighted by Crippen LogP contribution is -2.05. The van der Waals surface area contributed by atoms with Crippen LogP contribution < -0.4 is 11.5 Å². The molecule has 1 aromatic heterocycles. The van der Waals surface area contributed by atoms with Gasteiger partial charge in [0.25, 0.3) is 0 Å². The van der Waals surface area contributed by atoms with Crippen molar-refractivity contribution in [3.63, 3.8) is 0 Å². The van der Waals surface area contributed by atoms with Crippen molar-refractivity contribution >= 4 is 11.5 Å². The SMILES string of the molecule is Nc1cn(C2CCCC2)nc1N. The van der Waals surface area contributed by atoms with E-state index in [1.807, 2.05) is 10.9 Å². The smallest absolute Gasteiger partial charge is 0.168 e. The van der Waals surface area contributed by atoms with Gasteiger partial charge in [-0.25, -0.2) is 0 Å². The third kappa shape index (κ3) is 1.13. The molecule has 0 unspecified atom stereocenters. The van der Waals surface area contributed by atoms with Gasteiger partial charge in [0.1, 0.15) is 0 Å². The van der Waals surface area contributed by atoms with E-state index in [0.29, 0.717) is 17.5 Å². The largest absolute Gasteiger partial charge is 0.394 e. The minimum absolute atomic E-state index is 0.460. The molecule has 12 heavy (non-hydrogen) atoms. The highest BCUT2D eigenvalue weighted by Crippen LogP contribution is 2.30. The lowest BCUT2D eigenvalue weighted by molar-refractivity contribution is 0.468. The summed E-state index contributed by atoms with van der Waals surface area (Å²) in [6.07, 6.45) is 6.85. The Morgan fingerprint density at radius 2 is 2.00 bits per heavy atom. The number of hydrogen-bond acceptors (Lipinski definition) is 3. The van der Waals surface area contributed by atoms with Crippen LogP contribution in [0, 0.1) is 0 Å². The van der Waals surface area contributed by atoms with Crippen LogP contribution in [0.1, 0.15) is 31.7 Å². The van der Waals surface area contributed by atoms with E-state index in [2.05, 4.69) is 5.10 Å². The summed E-state index contributed by atoms with van der Waals surface area (Å²) >= 11 is 0. The van der Waals surface area contributed by atoms with E-state index in [-0.39, 0.29) is 0 Å². The molecule has 0 aliphatic heterocycles. The van der Waals surface area contributed by atoms with Gasteiger partial charge in [-0.2, -0.15) is 5.10 Å². The van der Waals surface area contributed by atoms with Crippen LogP contribution in [0.15, 0.2) is 6.20 Å². The molecule has 1 fully saturated rings. The van der Waals surface area contributed by atoms with Gasteiger partial charge in [-0.3, -0.25) is 4.68 Å². The van der Waals surface area contributed by atoms with Gasteiger partial charge in [-0.1, -0.05) is 12.8 Å². The van der Waals surface area contributed by atoms with Gasteiger partial charge in [0.2, 0.25) is 0 Å². The number of nitrogens with two attached hydrogens (primary N) is 2. The standard InChI is InChI=1S/C8H14N4/c9-7-5-12(11-8(7)10)6-3-1-2-4-6/h5-6H,1-4,9H2,(H2,10,11). The number of rotatable bonds is 1. The van der Waals surface area contributed by atoms with Gasteiger partial charge in [0.05, 0.1) is 17.9 Å². The first-order chi connectivity index (χ1) is 5.77. The quantitative estimate of drug-likeness (QED) is 0.657. The second-order valence-corrected chi connectivity index (χ2v) is 3.39. The van der Waals surface area contributed by atoms with E-state index in [1.54, 1.807) is 0 Å². The zero-order chi connectivity index (χ0) is 8.55. The first-order valence-electron chi connectivity index (χ1n) is 4.37. The van der Waals surface area contributed by atoms with E-state index < -0.39 is 0 Å². The second-order valence-electron chi connectivity index (χ2n) is 3.39. The van der Waals surface area contributed by atoms with E-state index >= 15 is 0 Å². The van der Waals surface area contributed by atoms with Crippen molar-refractivity contribution in [3.05, 3.63) is 6.20 Å². The minimum Gasteiger partial charge on any atom is -0.394 e. The summed E-state index contributed by atoms with van der Waals surface area (Å²) in [4.78, 5) is 0. The van der Waals surface area contributed by atoms with Gasteiger partial charge < -0.3 is 11.5 Å². The van der Waals surface area contributed by atoms with Crippen LogP contribution in [0.25, 0.3) is 0 Å². The summed E-state index contributed by atoms with van der Waals surface area (Å²) in [5, 5.41) is 4.16. The number of hydrogen-bond donors (Lipinski definition) is 2. The Balaban J connectivity index is 2.21. The molecule has 0 spiro atoms. The lowest BCUT2D eigenvalue weighted by Gasteiger charge is -2.07. The third-order valence-electron chi connectivity index (χ3n) is 2.49. The molecule has 0 saturated heterocycles. The summed E-state index contributed by atoms with van der Waals surface area (Å²) in [7, 11) is 0. The van der Waals surface area contributed by atoms with E-state index in [1.165, 1.54) is 25.7 Å². The van der Waals surface area contributed by atoms with Crippen LogP contribution >= 0.6 is 0 Å². The molecule has 1 aromatic rings. The fourth-order valence-corrected chi connectivity index (χ4v) is 1.78. The molecule has 0 atom stereocenters. The van der Waals surface area contributed by atoms with Crippen molar-refractivity contribution in [1.82, 2.24) is 9.78 Å². The molecule has 4 heteroatoms. The van der Waals surface area contributed by atoms with E-state index in [0.717, 1.165) is 0 Å². The molecular formula is C8H14N4. The number of nitrogen functional groups attached to an aromatic ring is 2. The summed E-state index contributed by atoms with van der Waals surface area (Å²) < 4.78 is 1.91.